The first kappa shape index (κ1) is 18.7. The Kier molecular flexibility index (Phi) is 4.54. The fraction of sp³-hybridized carbons (Fsp3) is 0.0952. The second kappa shape index (κ2) is 7.05. The number of nitrogens with one attached hydrogen (secondary N) is 1. The molecule has 8 heteroatoms. The van der Waals surface area contributed by atoms with Crippen LogP contribution < -0.4 is 5.32 Å². The molecular weight excluding hydrogens is 381 g/mol. The van der Waals surface area contributed by atoms with Crippen LogP contribution in [-0.2, 0) is 6.18 Å². The van der Waals surface area contributed by atoms with Gasteiger partial charge in [0.05, 0.1) is 28.7 Å². The number of fused-ring (bicyclic) bond motifs is 1. The van der Waals surface area contributed by atoms with Crippen molar-refractivity contribution in [2.45, 2.75) is 13.1 Å². The average molecular weight is 396 g/mol. The van der Waals surface area contributed by atoms with Crippen LogP contribution in [0.4, 0.5) is 18.9 Å². The molecule has 0 atom stereocenters. The second-order valence-corrected chi connectivity index (χ2v) is 6.52. The second-order valence-electron chi connectivity index (χ2n) is 6.52. The number of nitrogens with zero attached hydrogens (tertiary/aromatic N) is 3. The molecule has 0 unspecified atom stereocenters. The molecule has 29 heavy (non-hydrogen) atoms. The number of amides is 1. The van der Waals surface area contributed by atoms with Gasteiger partial charge in [-0.05, 0) is 37.3 Å². The molecule has 0 saturated carbocycles. The van der Waals surface area contributed by atoms with Crippen molar-refractivity contribution in [2.75, 3.05) is 5.32 Å². The highest BCUT2D eigenvalue weighted by molar-refractivity contribution is 6.12. The number of hydrogen-bond acceptors (Lipinski definition) is 3. The lowest BCUT2D eigenvalue weighted by molar-refractivity contribution is -0.137. The Morgan fingerprint density at radius 3 is 2.59 bits per heavy atom. The summed E-state index contributed by atoms with van der Waals surface area (Å²) in [6, 6.07) is 12.0. The molecule has 2 heterocycles. The monoisotopic (exact) mass is 396 g/mol. The Hall–Kier alpha value is -3.68. The van der Waals surface area contributed by atoms with Crippen molar-refractivity contribution in [3.63, 3.8) is 0 Å². The molecule has 2 aromatic heterocycles. The zero-order valence-corrected chi connectivity index (χ0v) is 15.2. The van der Waals surface area contributed by atoms with Crippen LogP contribution in [0, 0.1) is 6.92 Å². The SMILES string of the molecule is Cc1cn(-c2cc(NC(=O)c3ccnc4ccccc34)cc(C(F)(F)F)c2)cn1. The molecule has 0 spiro atoms. The summed E-state index contributed by atoms with van der Waals surface area (Å²) in [5.41, 5.74) is 1.03. The Bertz CT molecular complexity index is 1210. The number of pyridine rings is 1. The molecule has 5 nitrogen and oxygen atoms in total. The van der Waals surface area contributed by atoms with Crippen molar-refractivity contribution in [1.82, 2.24) is 14.5 Å². The van der Waals surface area contributed by atoms with E-state index in [0.717, 1.165) is 12.1 Å². The van der Waals surface area contributed by atoms with E-state index in [-0.39, 0.29) is 11.4 Å². The van der Waals surface area contributed by atoms with E-state index in [9.17, 15) is 18.0 Å². The minimum atomic E-state index is -4.56. The largest absolute Gasteiger partial charge is 0.416 e. The van der Waals surface area contributed by atoms with Gasteiger partial charge < -0.3 is 9.88 Å². The lowest BCUT2D eigenvalue weighted by Gasteiger charge is -2.14. The highest BCUT2D eigenvalue weighted by Gasteiger charge is 2.31. The van der Waals surface area contributed by atoms with Crippen LogP contribution in [0.15, 0.2) is 67.3 Å². The number of carbonyl (C=O) groups is 1. The molecule has 1 N–H and O–H groups in total. The van der Waals surface area contributed by atoms with Crippen LogP contribution in [-0.4, -0.2) is 20.4 Å². The van der Waals surface area contributed by atoms with Gasteiger partial charge in [-0.25, -0.2) is 4.98 Å². The smallest absolute Gasteiger partial charge is 0.322 e. The van der Waals surface area contributed by atoms with Gasteiger partial charge in [0, 0.05) is 29.2 Å². The number of rotatable bonds is 3. The molecule has 0 aliphatic rings. The number of aryl methyl sites for hydroxylation is 1. The van der Waals surface area contributed by atoms with Gasteiger partial charge in [-0.15, -0.1) is 0 Å². The van der Waals surface area contributed by atoms with Gasteiger partial charge in [-0.1, -0.05) is 18.2 Å². The Balaban J connectivity index is 1.75. The van der Waals surface area contributed by atoms with Crippen LogP contribution in [0.25, 0.3) is 16.6 Å². The van der Waals surface area contributed by atoms with Gasteiger partial charge in [0.2, 0.25) is 0 Å². The number of benzene rings is 2. The van der Waals surface area contributed by atoms with E-state index in [0.29, 0.717) is 22.2 Å². The number of para-hydroxylation sites is 1. The quantitative estimate of drug-likeness (QED) is 0.530. The molecule has 0 aliphatic carbocycles. The number of halogens is 3. The molecular formula is C21H15F3N4O. The Morgan fingerprint density at radius 1 is 1.07 bits per heavy atom. The van der Waals surface area contributed by atoms with Crippen molar-refractivity contribution in [3.05, 3.63) is 84.1 Å². The van der Waals surface area contributed by atoms with Gasteiger partial charge in [0.1, 0.15) is 0 Å². The van der Waals surface area contributed by atoms with Gasteiger partial charge in [0.15, 0.2) is 0 Å². The highest BCUT2D eigenvalue weighted by Crippen LogP contribution is 2.33. The van der Waals surface area contributed by atoms with E-state index in [1.807, 2.05) is 0 Å². The van der Waals surface area contributed by atoms with Crippen molar-refractivity contribution in [1.29, 1.82) is 0 Å². The minimum Gasteiger partial charge on any atom is -0.322 e. The molecule has 0 radical (unpaired) electrons. The maximum Gasteiger partial charge on any atom is 0.416 e. The van der Waals surface area contributed by atoms with Crippen LogP contribution in [0.1, 0.15) is 21.6 Å². The summed E-state index contributed by atoms with van der Waals surface area (Å²) in [5.74, 6) is -0.518. The predicted octanol–water partition coefficient (Wildman–Crippen LogP) is 5.00. The van der Waals surface area contributed by atoms with Crippen LogP contribution in [0.5, 0.6) is 0 Å². The molecule has 0 aliphatic heterocycles. The fourth-order valence-corrected chi connectivity index (χ4v) is 3.05. The number of anilines is 1. The van der Waals surface area contributed by atoms with Gasteiger partial charge >= 0.3 is 6.18 Å². The highest BCUT2D eigenvalue weighted by atomic mass is 19.4. The maximum absolute atomic E-state index is 13.4. The maximum atomic E-state index is 13.4. The molecule has 146 valence electrons. The number of hydrogen-bond donors (Lipinski definition) is 1. The molecule has 4 rings (SSSR count). The van der Waals surface area contributed by atoms with Crippen LogP contribution in [0.2, 0.25) is 0 Å². The minimum absolute atomic E-state index is 0.0343. The van der Waals surface area contributed by atoms with E-state index in [4.69, 9.17) is 0 Å². The third kappa shape index (κ3) is 3.82. The molecule has 2 aromatic carbocycles. The normalized spacial score (nSPS) is 11.6. The van der Waals surface area contributed by atoms with Gasteiger partial charge in [-0.3, -0.25) is 9.78 Å². The summed E-state index contributed by atoms with van der Waals surface area (Å²) >= 11 is 0. The number of alkyl halides is 3. The zero-order chi connectivity index (χ0) is 20.6. The van der Waals surface area contributed by atoms with E-state index >= 15 is 0 Å². The fourth-order valence-electron chi connectivity index (χ4n) is 3.05. The summed E-state index contributed by atoms with van der Waals surface area (Å²) in [4.78, 5) is 21.0. The summed E-state index contributed by atoms with van der Waals surface area (Å²) in [7, 11) is 0. The Labute approximate surface area is 163 Å². The van der Waals surface area contributed by atoms with Crippen molar-refractivity contribution < 1.29 is 18.0 Å². The van der Waals surface area contributed by atoms with Crippen LogP contribution >= 0.6 is 0 Å². The van der Waals surface area contributed by atoms with Crippen molar-refractivity contribution in [2.24, 2.45) is 0 Å². The van der Waals surface area contributed by atoms with E-state index in [1.165, 1.54) is 29.2 Å². The third-order valence-corrected chi connectivity index (χ3v) is 4.41. The summed E-state index contributed by atoms with van der Waals surface area (Å²) in [6.07, 6.45) is -0.0399. The molecule has 0 fully saturated rings. The first-order chi connectivity index (χ1) is 13.8. The molecule has 0 bridgehead atoms. The van der Waals surface area contributed by atoms with E-state index in [2.05, 4.69) is 15.3 Å². The predicted molar refractivity (Wildman–Crippen MR) is 103 cm³/mol. The third-order valence-electron chi connectivity index (χ3n) is 4.41. The lowest BCUT2D eigenvalue weighted by atomic mass is 10.1. The Morgan fingerprint density at radius 2 is 1.86 bits per heavy atom. The summed E-state index contributed by atoms with van der Waals surface area (Å²) in [6.45, 7) is 1.74. The van der Waals surface area contributed by atoms with Crippen LogP contribution in [0.3, 0.4) is 0 Å². The first-order valence-electron chi connectivity index (χ1n) is 8.69. The topological polar surface area (TPSA) is 59.8 Å². The molecule has 4 aromatic rings. The summed E-state index contributed by atoms with van der Waals surface area (Å²) in [5, 5.41) is 3.20. The standard InChI is InChI=1S/C21H15F3N4O/c1-13-11-28(12-26-13)16-9-14(21(22,23)24)8-15(10-16)27-20(29)18-6-7-25-19-5-3-2-4-17(18)19/h2-12H,1H3,(H,27,29). The molecule has 1 amide bonds. The number of aromatic nitrogens is 3. The molecule has 0 saturated heterocycles. The van der Waals surface area contributed by atoms with Gasteiger partial charge in [-0.2, -0.15) is 13.2 Å². The van der Waals surface area contributed by atoms with E-state index in [1.54, 1.807) is 37.4 Å². The lowest BCUT2D eigenvalue weighted by Crippen LogP contribution is -2.14. The van der Waals surface area contributed by atoms with E-state index < -0.39 is 17.6 Å². The number of carbonyl (C=O) groups excluding carboxylic acids is 1. The first-order valence-corrected chi connectivity index (χ1v) is 8.69. The average Bonchev–Trinajstić information content (AvgIpc) is 3.13. The zero-order valence-electron chi connectivity index (χ0n) is 15.2. The van der Waals surface area contributed by atoms with Crippen molar-refractivity contribution >= 4 is 22.5 Å². The van der Waals surface area contributed by atoms with Gasteiger partial charge in [0.25, 0.3) is 5.91 Å². The number of imidazole rings is 1. The van der Waals surface area contributed by atoms with Crippen molar-refractivity contribution in [3.8, 4) is 5.69 Å². The summed E-state index contributed by atoms with van der Waals surface area (Å²) < 4.78 is 41.6.